The summed E-state index contributed by atoms with van der Waals surface area (Å²) in [7, 11) is 0. The average Bonchev–Trinajstić information content (AvgIpc) is 2.35. The van der Waals surface area contributed by atoms with E-state index in [2.05, 4.69) is 16.0 Å². The summed E-state index contributed by atoms with van der Waals surface area (Å²) in [6.45, 7) is 2.27. The van der Waals surface area contributed by atoms with E-state index in [0.717, 1.165) is 18.6 Å². The van der Waals surface area contributed by atoms with Crippen LogP contribution in [0.5, 0.6) is 5.75 Å². The summed E-state index contributed by atoms with van der Waals surface area (Å²) < 4.78 is 18.6. The molecule has 0 radical (unpaired) electrons. The molecule has 1 aromatic carbocycles. The molecule has 102 valence electrons. The fraction of sp³-hybridized carbons (Fsp3) is 0.333. The van der Waals surface area contributed by atoms with Gasteiger partial charge in [0.25, 0.3) is 5.91 Å². The van der Waals surface area contributed by atoms with E-state index >= 15 is 0 Å². The molecule has 1 heterocycles. The summed E-state index contributed by atoms with van der Waals surface area (Å²) in [4.78, 5) is 22.7. The number of nitrogens with one attached hydrogen (secondary N) is 3. The molecule has 1 aromatic rings. The minimum absolute atomic E-state index is 0.163. The van der Waals surface area contributed by atoms with Crippen molar-refractivity contribution in [2.24, 2.45) is 0 Å². The zero-order valence-corrected chi connectivity index (χ0v) is 10.4. The third-order valence-corrected chi connectivity index (χ3v) is 2.46. The first-order valence-electron chi connectivity index (χ1n) is 5.91. The van der Waals surface area contributed by atoms with E-state index in [1.54, 1.807) is 0 Å². The van der Waals surface area contributed by atoms with Crippen LogP contribution in [-0.4, -0.2) is 25.1 Å². The van der Waals surface area contributed by atoms with Gasteiger partial charge in [-0.05, 0) is 6.42 Å². The molecule has 0 bridgehead atoms. The SMILES string of the molecule is CCCNC(=O)Nc1cc(F)cc2c1OCC(=O)N2. The molecule has 0 atom stereocenters. The van der Waals surface area contributed by atoms with Gasteiger partial charge >= 0.3 is 6.03 Å². The van der Waals surface area contributed by atoms with E-state index in [-0.39, 0.29) is 29.6 Å². The normalized spacial score (nSPS) is 13.1. The van der Waals surface area contributed by atoms with Gasteiger partial charge in [-0.25, -0.2) is 9.18 Å². The number of benzene rings is 1. The lowest BCUT2D eigenvalue weighted by molar-refractivity contribution is -0.118. The van der Waals surface area contributed by atoms with Crippen LogP contribution in [0.4, 0.5) is 20.6 Å². The van der Waals surface area contributed by atoms with Crippen LogP contribution in [-0.2, 0) is 4.79 Å². The summed E-state index contributed by atoms with van der Waals surface area (Å²) >= 11 is 0. The average molecular weight is 267 g/mol. The lowest BCUT2D eigenvalue weighted by Gasteiger charge is -2.21. The number of hydrogen-bond acceptors (Lipinski definition) is 3. The Balaban J connectivity index is 2.20. The van der Waals surface area contributed by atoms with E-state index in [0.29, 0.717) is 6.54 Å². The van der Waals surface area contributed by atoms with Gasteiger partial charge in [-0.15, -0.1) is 0 Å². The summed E-state index contributed by atoms with van der Waals surface area (Å²) in [5, 5.41) is 7.58. The van der Waals surface area contributed by atoms with Crippen molar-refractivity contribution in [1.29, 1.82) is 0 Å². The molecule has 3 amide bonds. The quantitative estimate of drug-likeness (QED) is 0.779. The molecule has 6 nitrogen and oxygen atoms in total. The van der Waals surface area contributed by atoms with Crippen LogP contribution in [0.15, 0.2) is 12.1 Å². The van der Waals surface area contributed by atoms with Gasteiger partial charge in [0.1, 0.15) is 5.82 Å². The largest absolute Gasteiger partial charge is 0.479 e. The van der Waals surface area contributed by atoms with Gasteiger partial charge in [0.05, 0.1) is 11.4 Å². The van der Waals surface area contributed by atoms with Gasteiger partial charge in [0, 0.05) is 18.7 Å². The van der Waals surface area contributed by atoms with Crippen molar-refractivity contribution in [3.8, 4) is 5.75 Å². The summed E-state index contributed by atoms with van der Waals surface area (Å²) in [6.07, 6.45) is 0.793. The smallest absolute Gasteiger partial charge is 0.319 e. The zero-order chi connectivity index (χ0) is 13.8. The maximum Gasteiger partial charge on any atom is 0.319 e. The molecule has 0 saturated heterocycles. The molecule has 19 heavy (non-hydrogen) atoms. The van der Waals surface area contributed by atoms with E-state index < -0.39 is 11.8 Å². The minimum Gasteiger partial charge on any atom is -0.479 e. The number of carbonyl (C=O) groups is 2. The first-order valence-corrected chi connectivity index (χ1v) is 5.91. The Morgan fingerprint density at radius 2 is 2.32 bits per heavy atom. The van der Waals surface area contributed by atoms with Crippen LogP contribution in [0.2, 0.25) is 0 Å². The maximum absolute atomic E-state index is 13.4. The molecule has 0 fully saturated rings. The van der Waals surface area contributed by atoms with Crippen molar-refractivity contribution in [2.75, 3.05) is 23.8 Å². The van der Waals surface area contributed by atoms with Crippen molar-refractivity contribution in [2.45, 2.75) is 13.3 Å². The summed E-state index contributed by atoms with van der Waals surface area (Å²) in [6, 6.07) is 1.83. The number of fused-ring (bicyclic) bond motifs is 1. The molecular weight excluding hydrogens is 253 g/mol. The van der Waals surface area contributed by atoms with E-state index in [1.807, 2.05) is 6.92 Å². The van der Waals surface area contributed by atoms with Crippen LogP contribution in [0.1, 0.15) is 13.3 Å². The predicted octanol–water partition coefficient (Wildman–Crippen LogP) is 1.69. The molecular formula is C12H14FN3O3. The fourth-order valence-electron chi connectivity index (χ4n) is 1.66. The first kappa shape index (κ1) is 13.1. The molecule has 0 aromatic heterocycles. The number of rotatable bonds is 3. The Kier molecular flexibility index (Phi) is 3.84. The highest BCUT2D eigenvalue weighted by molar-refractivity contribution is 5.99. The van der Waals surface area contributed by atoms with Gasteiger partial charge in [0.15, 0.2) is 12.4 Å². The predicted molar refractivity (Wildman–Crippen MR) is 67.8 cm³/mol. The van der Waals surface area contributed by atoms with Gasteiger partial charge in [-0.3, -0.25) is 4.79 Å². The fourth-order valence-corrected chi connectivity index (χ4v) is 1.66. The van der Waals surface area contributed by atoms with Gasteiger partial charge in [-0.1, -0.05) is 6.92 Å². The second-order valence-corrected chi connectivity index (χ2v) is 4.05. The maximum atomic E-state index is 13.4. The molecule has 0 spiro atoms. The molecule has 0 saturated carbocycles. The highest BCUT2D eigenvalue weighted by Crippen LogP contribution is 2.36. The van der Waals surface area contributed by atoms with Crippen molar-refractivity contribution < 1.29 is 18.7 Å². The Hall–Kier alpha value is -2.31. The van der Waals surface area contributed by atoms with Crippen LogP contribution in [0, 0.1) is 5.82 Å². The molecule has 2 rings (SSSR count). The van der Waals surface area contributed by atoms with E-state index in [4.69, 9.17) is 4.74 Å². The van der Waals surface area contributed by atoms with E-state index in [1.165, 1.54) is 0 Å². The lowest BCUT2D eigenvalue weighted by atomic mass is 10.2. The number of urea groups is 1. The van der Waals surface area contributed by atoms with Crippen molar-refractivity contribution >= 4 is 23.3 Å². The molecule has 1 aliphatic rings. The van der Waals surface area contributed by atoms with Crippen molar-refractivity contribution in [1.82, 2.24) is 5.32 Å². The molecule has 1 aliphatic heterocycles. The molecule has 7 heteroatoms. The number of carbonyl (C=O) groups excluding carboxylic acids is 2. The Bertz CT molecular complexity index is 519. The monoisotopic (exact) mass is 267 g/mol. The number of amides is 3. The van der Waals surface area contributed by atoms with Crippen molar-refractivity contribution in [3.05, 3.63) is 17.9 Å². The van der Waals surface area contributed by atoms with Crippen LogP contribution < -0.4 is 20.7 Å². The van der Waals surface area contributed by atoms with Crippen LogP contribution in [0.3, 0.4) is 0 Å². The molecule has 0 aliphatic carbocycles. The third-order valence-electron chi connectivity index (χ3n) is 2.46. The Labute approximate surface area is 109 Å². The summed E-state index contributed by atoms with van der Waals surface area (Å²) in [5.41, 5.74) is 0.394. The van der Waals surface area contributed by atoms with Gasteiger partial charge < -0.3 is 20.7 Å². The number of halogens is 1. The van der Waals surface area contributed by atoms with E-state index in [9.17, 15) is 14.0 Å². The molecule has 0 unspecified atom stereocenters. The highest BCUT2D eigenvalue weighted by Gasteiger charge is 2.21. The number of ether oxygens (including phenoxy) is 1. The minimum atomic E-state index is -0.574. The van der Waals surface area contributed by atoms with Gasteiger partial charge in [0.2, 0.25) is 0 Å². The first-order chi connectivity index (χ1) is 9.10. The summed E-state index contributed by atoms with van der Waals surface area (Å²) in [5.74, 6) is -0.678. The van der Waals surface area contributed by atoms with Crippen LogP contribution >= 0.6 is 0 Å². The number of anilines is 2. The topological polar surface area (TPSA) is 79.5 Å². The second kappa shape index (κ2) is 5.55. The molecule has 3 N–H and O–H groups in total. The third kappa shape index (κ3) is 3.12. The van der Waals surface area contributed by atoms with Crippen molar-refractivity contribution in [3.63, 3.8) is 0 Å². The Morgan fingerprint density at radius 3 is 3.05 bits per heavy atom. The lowest BCUT2D eigenvalue weighted by Crippen LogP contribution is -2.31. The van der Waals surface area contributed by atoms with Gasteiger partial charge in [-0.2, -0.15) is 0 Å². The highest BCUT2D eigenvalue weighted by atomic mass is 19.1. The standard InChI is InChI=1S/C12H14FN3O3/c1-2-3-14-12(18)16-9-5-7(13)4-8-11(9)19-6-10(17)15-8/h4-5H,2-3,6H2,1H3,(H,15,17)(H2,14,16,18). The number of hydrogen-bond donors (Lipinski definition) is 3. The Morgan fingerprint density at radius 1 is 1.53 bits per heavy atom. The zero-order valence-electron chi connectivity index (χ0n) is 10.4. The van der Waals surface area contributed by atoms with Crippen LogP contribution in [0.25, 0.3) is 0 Å². The second-order valence-electron chi connectivity index (χ2n) is 4.05.